The summed E-state index contributed by atoms with van der Waals surface area (Å²) in [6.45, 7) is 0.310. The number of nitrogens with zero attached hydrogens (tertiary/aromatic N) is 2. The third-order valence-corrected chi connectivity index (χ3v) is 3.65. The van der Waals surface area contributed by atoms with E-state index in [2.05, 4.69) is 10.3 Å². The van der Waals surface area contributed by atoms with E-state index in [4.69, 9.17) is 4.74 Å². The molecule has 24 heavy (non-hydrogen) atoms. The van der Waals surface area contributed by atoms with Crippen LogP contribution in [0.5, 0.6) is 5.75 Å². The Hall–Kier alpha value is -3.22. The molecular formula is C17H14FN3O3. The standard InChI is InChI=1S/C17H14FN3O3/c1-24-16-9-14(15(21(22)23)8-13(16)18)20-10-12-5-2-4-11-6-3-7-19-17(11)12/h2-9,20H,10H2,1H3. The highest BCUT2D eigenvalue weighted by atomic mass is 19.1. The van der Waals surface area contributed by atoms with Gasteiger partial charge < -0.3 is 10.1 Å². The number of methoxy groups -OCH3 is 1. The summed E-state index contributed by atoms with van der Waals surface area (Å²) < 4.78 is 18.6. The molecule has 7 heteroatoms. The minimum Gasteiger partial charge on any atom is -0.494 e. The quantitative estimate of drug-likeness (QED) is 0.568. The van der Waals surface area contributed by atoms with Gasteiger partial charge in [0.1, 0.15) is 5.69 Å². The van der Waals surface area contributed by atoms with Crippen LogP contribution >= 0.6 is 0 Å². The Morgan fingerprint density at radius 1 is 1.29 bits per heavy atom. The zero-order valence-electron chi connectivity index (χ0n) is 12.8. The molecule has 0 bridgehead atoms. The average Bonchev–Trinajstić information content (AvgIpc) is 2.60. The van der Waals surface area contributed by atoms with Crippen molar-refractivity contribution in [1.29, 1.82) is 0 Å². The maximum Gasteiger partial charge on any atom is 0.295 e. The number of nitrogens with one attached hydrogen (secondary N) is 1. The van der Waals surface area contributed by atoms with Crippen LogP contribution in [0.4, 0.5) is 15.8 Å². The van der Waals surface area contributed by atoms with Gasteiger partial charge in [-0.1, -0.05) is 24.3 Å². The topological polar surface area (TPSA) is 77.3 Å². The highest BCUT2D eigenvalue weighted by molar-refractivity contribution is 5.81. The molecule has 0 unspecified atom stereocenters. The number of rotatable bonds is 5. The molecule has 0 aliphatic rings. The summed E-state index contributed by atoms with van der Waals surface area (Å²) in [5, 5.41) is 15.1. The van der Waals surface area contributed by atoms with E-state index < -0.39 is 10.7 Å². The summed E-state index contributed by atoms with van der Waals surface area (Å²) in [5.74, 6) is -0.833. The molecule has 0 aliphatic carbocycles. The Kier molecular flexibility index (Phi) is 4.24. The molecule has 0 fully saturated rings. The minimum atomic E-state index is -0.776. The molecule has 1 heterocycles. The molecule has 0 amide bonds. The van der Waals surface area contributed by atoms with E-state index in [0.29, 0.717) is 6.54 Å². The van der Waals surface area contributed by atoms with E-state index in [1.165, 1.54) is 13.2 Å². The third-order valence-electron chi connectivity index (χ3n) is 3.65. The van der Waals surface area contributed by atoms with Gasteiger partial charge in [-0.15, -0.1) is 0 Å². The lowest BCUT2D eigenvalue weighted by atomic mass is 10.1. The number of nitro groups is 1. The van der Waals surface area contributed by atoms with Crippen LogP contribution in [-0.4, -0.2) is 17.0 Å². The maximum absolute atomic E-state index is 13.7. The van der Waals surface area contributed by atoms with Gasteiger partial charge in [0, 0.05) is 24.2 Å². The number of nitro benzene ring substituents is 1. The fourth-order valence-corrected chi connectivity index (χ4v) is 2.49. The Morgan fingerprint density at radius 3 is 2.83 bits per heavy atom. The minimum absolute atomic E-state index is 0.0563. The Labute approximate surface area is 137 Å². The lowest BCUT2D eigenvalue weighted by molar-refractivity contribution is -0.384. The summed E-state index contributed by atoms with van der Waals surface area (Å²) in [6.07, 6.45) is 1.69. The number of aromatic nitrogens is 1. The van der Waals surface area contributed by atoms with Crippen molar-refractivity contribution in [3.63, 3.8) is 0 Å². The number of pyridine rings is 1. The van der Waals surface area contributed by atoms with Gasteiger partial charge >= 0.3 is 0 Å². The fraction of sp³-hybridized carbons (Fsp3) is 0.118. The highest BCUT2D eigenvalue weighted by Gasteiger charge is 2.19. The van der Waals surface area contributed by atoms with Gasteiger partial charge in [-0.2, -0.15) is 0 Å². The number of para-hydroxylation sites is 1. The molecule has 0 saturated heterocycles. The third kappa shape index (κ3) is 2.96. The fourth-order valence-electron chi connectivity index (χ4n) is 2.49. The maximum atomic E-state index is 13.7. The molecule has 1 aromatic heterocycles. The second-order valence-electron chi connectivity index (χ2n) is 5.11. The van der Waals surface area contributed by atoms with Crippen LogP contribution in [-0.2, 0) is 6.54 Å². The Bertz CT molecular complexity index is 909. The molecule has 1 N–H and O–H groups in total. The van der Waals surface area contributed by atoms with Gasteiger partial charge in [0.2, 0.25) is 0 Å². The van der Waals surface area contributed by atoms with Crippen LogP contribution < -0.4 is 10.1 Å². The zero-order chi connectivity index (χ0) is 17.1. The summed E-state index contributed by atoms with van der Waals surface area (Å²) in [6, 6.07) is 11.6. The first-order chi connectivity index (χ1) is 11.6. The summed E-state index contributed by atoms with van der Waals surface area (Å²) in [4.78, 5) is 14.9. The molecule has 2 aromatic carbocycles. The molecule has 6 nitrogen and oxygen atoms in total. The van der Waals surface area contributed by atoms with Gasteiger partial charge in [-0.3, -0.25) is 15.1 Å². The molecule has 3 aromatic rings. The molecule has 3 rings (SSSR count). The summed E-state index contributed by atoms with van der Waals surface area (Å²) in [7, 11) is 1.31. The second-order valence-corrected chi connectivity index (χ2v) is 5.11. The van der Waals surface area contributed by atoms with Gasteiger partial charge in [0.05, 0.1) is 23.6 Å². The highest BCUT2D eigenvalue weighted by Crippen LogP contribution is 2.32. The first-order valence-corrected chi connectivity index (χ1v) is 7.18. The van der Waals surface area contributed by atoms with Crippen molar-refractivity contribution >= 4 is 22.3 Å². The van der Waals surface area contributed by atoms with E-state index in [1.54, 1.807) is 6.20 Å². The molecule has 0 atom stereocenters. The van der Waals surface area contributed by atoms with Gasteiger partial charge in [-0.25, -0.2) is 4.39 Å². The number of hydrogen-bond acceptors (Lipinski definition) is 5. The van der Waals surface area contributed by atoms with Crippen molar-refractivity contribution in [2.75, 3.05) is 12.4 Å². The van der Waals surface area contributed by atoms with E-state index >= 15 is 0 Å². The van der Waals surface area contributed by atoms with E-state index in [9.17, 15) is 14.5 Å². The van der Waals surface area contributed by atoms with Crippen LogP contribution in [0.1, 0.15) is 5.56 Å². The SMILES string of the molecule is COc1cc(NCc2cccc3cccnc23)c([N+](=O)[O-])cc1F. The van der Waals surface area contributed by atoms with Crippen LogP contribution in [0.3, 0.4) is 0 Å². The van der Waals surface area contributed by atoms with E-state index in [0.717, 1.165) is 22.5 Å². The van der Waals surface area contributed by atoms with E-state index in [-0.39, 0.29) is 17.1 Å². The molecule has 0 saturated carbocycles. The summed E-state index contributed by atoms with van der Waals surface area (Å²) in [5.41, 5.74) is 1.53. The summed E-state index contributed by atoms with van der Waals surface area (Å²) >= 11 is 0. The predicted octanol–water partition coefficient (Wildman–Crippen LogP) is 3.90. The zero-order valence-corrected chi connectivity index (χ0v) is 12.8. The van der Waals surface area contributed by atoms with Crippen molar-refractivity contribution in [3.8, 4) is 5.75 Å². The lowest BCUT2D eigenvalue weighted by Crippen LogP contribution is -2.05. The van der Waals surface area contributed by atoms with Crippen molar-refractivity contribution in [3.05, 3.63) is 70.2 Å². The largest absolute Gasteiger partial charge is 0.494 e. The van der Waals surface area contributed by atoms with Crippen molar-refractivity contribution in [1.82, 2.24) is 4.98 Å². The van der Waals surface area contributed by atoms with Crippen molar-refractivity contribution in [2.24, 2.45) is 0 Å². The normalized spacial score (nSPS) is 10.6. The van der Waals surface area contributed by atoms with Crippen LogP contribution in [0.2, 0.25) is 0 Å². The molecule has 0 radical (unpaired) electrons. The smallest absolute Gasteiger partial charge is 0.295 e. The first-order valence-electron chi connectivity index (χ1n) is 7.18. The Balaban J connectivity index is 1.95. The average molecular weight is 327 g/mol. The van der Waals surface area contributed by atoms with Crippen LogP contribution in [0.15, 0.2) is 48.7 Å². The van der Waals surface area contributed by atoms with Crippen LogP contribution in [0.25, 0.3) is 10.9 Å². The first kappa shape index (κ1) is 15.7. The van der Waals surface area contributed by atoms with E-state index in [1.807, 2.05) is 30.3 Å². The number of fused-ring (bicyclic) bond motifs is 1. The monoisotopic (exact) mass is 327 g/mol. The number of hydrogen-bond donors (Lipinski definition) is 1. The van der Waals surface area contributed by atoms with Gasteiger partial charge in [-0.05, 0) is 11.6 Å². The van der Waals surface area contributed by atoms with Crippen molar-refractivity contribution in [2.45, 2.75) is 6.54 Å². The number of halogens is 1. The number of benzene rings is 2. The Morgan fingerprint density at radius 2 is 2.08 bits per heavy atom. The van der Waals surface area contributed by atoms with Crippen LogP contribution in [0, 0.1) is 15.9 Å². The number of anilines is 1. The van der Waals surface area contributed by atoms with Gasteiger partial charge in [0.15, 0.2) is 11.6 Å². The lowest BCUT2D eigenvalue weighted by Gasteiger charge is -2.11. The molecule has 122 valence electrons. The molecule has 0 aliphatic heterocycles. The van der Waals surface area contributed by atoms with Crippen molar-refractivity contribution < 1.29 is 14.1 Å². The molecule has 0 spiro atoms. The second kappa shape index (κ2) is 6.49. The number of ether oxygens (including phenoxy) is 1. The van der Waals surface area contributed by atoms with Gasteiger partial charge in [0.25, 0.3) is 5.69 Å². The molecular weight excluding hydrogens is 313 g/mol. The predicted molar refractivity (Wildman–Crippen MR) is 88.7 cm³/mol.